The van der Waals surface area contributed by atoms with Gasteiger partial charge >= 0.3 is 11.9 Å². The monoisotopic (exact) mass is 293 g/mol. The average molecular weight is 293 g/mol. The number of aryl methyl sites for hydroxylation is 1. The van der Waals surface area contributed by atoms with Crippen LogP contribution in [0.5, 0.6) is 0 Å². The molecular formula is C15H19NO5. The minimum absolute atomic E-state index is 0.0837. The molecule has 21 heavy (non-hydrogen) atoms. The van der Waals surface area contributed by atoms with E-state index in [1.807, 2.05) is 19.1 Å². The fourth-order valence-electron chi connectivity index (χ4n) is 1.85. The van der Waals surface area contributed by atoms with Gasteiger partial charge in [-0.2, -0.15) is 0 Å². The maximum Gasteiger partial charge on any atom is 0.326 e. The topological polar surface area (TPSA) is 104 Å². The largest absolute Gasteiger partial charge is 0.481 e. The van der Waals surface area contributed by atoms with Gasteiger partial charge in [-0.15, -0.1) is 0 Å². The summed E-state index contributed by atoms with van der Waals surface area (Å²) in [7, 11) is 0. The molecule has 114 valence electrons. The first-order valence-electron chi connectivity index (χ1n) is 6.78. The summed E-state index contributed by atoms with van der Waals surface area (Å²) in [5.74, 6) is -2.63. The summed E-state index contributed by atoms with van der Waals surface area (Å²) in [5, 5.41) is 20.0. The number of carbonyl (C=O) groups is 3. The number of carbonyl (C=O) groups excluding carboxylic acids is 1. The lowest BCUT2D eigenvalue weighted by atomic mass is 10.1. The second kappa shape index (κ2) is 8.04. The van der Waals surface area contributed by atoms with Crippen LogP contribution in [0.1, 0.15) is 42.1 Å². The van der Waals surface area contributed by atoms with Gasteiger partial charge in [0, 0.05) is 12.0 Å². The van der Waals surface area contributed by atoms with Crippen LogP contribution in [0.2, 0.25) is 0 Å². The van der Waals surface area contributed by atoms with Gasteiger partial charge in [0.2, 0.25) is 0 Å². The fourth-order valence-corrected chi connectivity index (χ4v) is 1.85. The molecule has 0 saturated carbocycles. The second-order valence-electron chi connectivity index (χ2n) is 4.70. The summed E-state index contributed by atoms with van der Waals surface area (Å²) in [4.78, 5) is 33.5. The highest BCUT2D eigenvalue weighted by atomic mass is 16.4. The van der Waals surface area contributed by atoms with Crippen molar-refractivity contribution in [3.05, 3.63) is 35.4 Å². The van der Waals surface area contributed by atoms with E-state index in [-0.39, 0.29) is 19.3 Å². The highest BCUT2D eigenvalue weighted by Gasteiger charge is 2.20. The molecule has 1 amide bonds. The third-order valence-corrected chi connectivity index (χ3v) is 3.11. The molecule has 3 N–H and O–H groups in total. The van der Waals surface area contributed by atoms with Crippen LogP contribution < -0.4 is 5.32 Å². The minimum Gasteiger partial charge on any atom is -0.481 e. The van der Waals surface area contributed by atoms with Gasteiger partial charge in [-0.3, -0.25) is 9.59 Å². The Morgan fingerprint density at radius 1 is 1.14 bits per heavy atom. The number of nitrogens with one attached hydrogen (secondary N) is 1. The molecule has 0 aliphatic carbocycles. The normalized spacial score (nSPS) is 11.7. The Hall–Kier alpha value is -2.37. The maximum atomic E-state index is 12.0. The Morgan fingerprint density at radius 2 is 1.76 bits per heavy atom. The lowest BCUT2D eigenvalue weighted by molar-refractivity contribution is -0.140. The summed E-state index contributed by atoms with van der Waals surface area (Å²) in [5.41, 5.74) is 1.47. The first-order valence-corrected chi connectivity index (χ1v) is 6.78. The molecular weight excluding hydrogens is 274 g/mol. The predicted molar refractivity (Wildman–Crippen MR) is 76.2 cm³/mol. The SMILES string of the molecule is CCc1ccc(C(=O)N[C@H](CCCC(=O)O)C(=O)O)cc1. The van der Waals surface area contributed by atoms with Crippen molar-refractivity contribution in [1.82, 2.24) is 5.32 Å². The van der Waals surface area contributed by atoms with Crippen LogP contribution >= 0.6 is 0 Å². The summed E-state index contributed by atoms with van der Waals surface area (Å²) >= 11 is 0. The number of benzene rings is 1. The number of hydrogen-bond acceptors (Lipinski definition) is 3. The van der Waals surface area contributed by atoms with E-state index in [2.05, 4.69) is 5.32 Å². The van der Waals surface area contributed by atoms with Gasteiger partial charge in [0.05, 0.1) is 0 Å². The van der Waals surface area contributed by atoms with E-state index >= 15 is 0 Å². The van der Waals surface area contributed by atoms with Crippen LogP contribution in [0.25, 0.3) is 0 Å². The molecule has 0 aliphatic heterocycles. The fraction of sp³-hybridized carbons (Fsp3) is 0.400. The van der Waals surface area contributed by atoms with Gasteiger partial charge in [0.25, 0.3) is 5.91 Å². The standard InChI is InChI=1S/C15H19NO5/c1-2-10-6-8-11(9-7-10)14(19)16-12(15(20)21)4-3-5-13(17)18/h6-9,12H,2-5H2,1H3,(H,16,19)(H,17,18)(H,20,21)/t12-/m1/s1. The maximum absolute atomic E-state index is 12.0. The highest BCUT2D eigenvalue weighted by molar-refractivity contribution is 5.96. The molecule has 0 spiro atoms. The van der Waals surface area contributed by atoms with Crippen LogP contribution in [0.4, 0.5) is 0 Å². The van der Waals surface area contributed by atoms with Crippen LogP contribution in [-0.4, -0.2) is 34.1 Å². The molecule has 0 aliphatic rings. The van der Waals surface area contributed by atoms with Gasteiger partial charge in [0.1, 0.15) is 6.04 Å². The zero-order valence-corrected chi connectivity index (χ0v) is 11.8. The summed E-state index contributed by atoms with van der Waals surface area (Å²) in [6.45, 7) is 2.00. The number of amides is 1. The Bertz CT molecular complexity index is 509. The van der Waals surface area contributed by atoms with Crippen molar-refractivity contribution in [3.8, 4) is 0 Å². The molecule has 6 nitrogen and oxygen atoms in total. The lowest BCUT2D eigenvalue weighted by Gasteiger charge is -2.14. The average Bonchev–Trinajstić information content (AvgIpc) is 2.45. The molecule has 0 fully saturated rings. The van der Waals surface area contributed by atoms with E-state index in [0.29, 0.717) is 5.56 Å². The number of carboxylic acids is 2. The van der Waals surface area contributed by atoms with E-state index in [0.717, 1.165) is 12.0 Å². The molecule has 1 rings (SSSR count). The van der Waals surface area contributed by atoms with Crippen LogP contribution in [0, 0.1) is 0 Å². The van der Waals surface area contributed by atoms with Crippen molar-refractivity contribution in [2.45, 2.75) is 38.6 Å². The van der Waals surface area contributed by atoms with E-state index in [9.17, 15) is 14.4 Å². The van der Waals surface area contributed by atoms with Gasteiger partial charge in [0.15, 0.2) is 0 Å². The Labute approximate surface area is 122 Å². The second-order valence-corrected chi connectivity index (χ2v) is 4.70. The van der Waals surface area contributed by atoms with Crippen molar-refractivity contribution in [1.29, 1.82) is 0 Å². The number of rotatable bonds is 8. The highest BCUT2D eigenvalue weighted by Crippen LogP contribution is 2.07. The first kappa shape index (κ1) is 16.7. The first-order chi connectivity index (χ1) is 9.93. The Balaban J connectivity index is 2.62. The zero-order valence-electron chi connectivity index (χ0n) is 11.8. The third kappa shape index (κ3) is 5.64. The van der Waals surface area contributed by atoms with Gasteiger partial charge in [-0.05, 0) is 37.0 Å². The summed E-state index contributed by atoms with van der Waals surface area (Å²) in [6, 6.07) is 5.83. The molecule has 0 heterocycles. The molecule has 0 saturated heterocycles. The number of aliphatic carboxylic acids is 2. The van der Waals surface area contributed by atoms with E-state index in [4.69, 9.17) is 10.2 Å². The Morgan fingerprint density at radius 3 is 2.24 bits per heavy atom. The van der Waals surface area contributed by atoms with Gasteiger partial charge in [-0.25, -0.2) is 4.79 Å². The molecule has 1 aromatic carbocycles. The smallest absolute Gasteiger partial charge is 0.326 e. The van der Waals surface area contributed by atoms with Crippen molar-refractivity contribution in [2.75, 3.05) is 0 Å². The molecule has 0 radical (unpaired) electrons. The van der Waals surface area contributed by atoms with Crippen molar-refractivity contribution in [3.63, 3.8) is 0 Å². The van der Waals surface area contributed by atoms with E-state index in [1.165, 1.54) is 0 Å². The number of carboxylic acid groups (broad SMARTS) is 2. The van der Waals surface area contributed by atoms with Crippen molar-refractivity contribution in [2.24, 2.45) is 0 Å². The lowest BCUT2D eigenvalue weighted by Crippen LogP contribution is -2.40. The summed E-state index contributed by atoms with van der Waals surface area (Å²) in [6.07, 6.45) is 1.02. The van der Waals surface area contributed by atoms with Gasteiger partial charge < -0.3 is 15.5 Å². The molecule has 1 aromatic rings. The zero-order chi connectivity index (χ0) is 15.8. The molecule has 0 aromatic heterocycles. The van der Waals surface area contributed by atoms with Crippen molar-refractivity contribution < 1.29 is 24.6 Å². The minimum atomic E-state index is -1.17. The summed E-state index contributed by atoms with van der Waals surface area (Å²) < 4.78 is 0. The van der Waals surface area contributed by atoms with Crippen LogP contribution in [-0.2, 0) is 16.0 Å². The molecule has 1 atom stereocenters. The quantitative estimate of drug-likeness (QED) is 0.676. The molecule has 0 unspecified atom stereocenters. The predicted octanol–water partition coefficient (Wildman–Crippen LogP) is 1.69. The number of hydrogen-bond donors (Lipinski definition) is 3. The molecule has 0 bridgehead atoms. The van der Waals surface area contributed by atoms with E-state index in [1.54, 1.807) is 12.1 Å². The van der Waals surface area contributed by atoms with Crippen molar-refractivity contribution >= 4 is 17.8 Å². The van der Waals surface area contributed by atoms with Crippen LogP contribution in [0.15, 0.2) is 24.3 Å². The van der Waals surface area contributed by atoms with E-state index < -0.39 is 23.9 Å². The Kier molecular flexibility index (Phi) is 6.39. The molecule has 6 heteroatoms. The van der Waals surface area contributed by atoms with Gasteiger partial charge in [-0.1, -0.05) is 19.1 Å². The van der Waals surface area contributed by atoms with Crippen LogP contribution in [0.3, 0.4) is 0 Å². The third-order valence-electron chi connectivity index (χ3n) is 3.11.